The summed E-state index contributed by atoms with van der Waals surface area (Å²) in [4.78, 5) is 12.4. The van der Waals surface area contributed by atoms with E-state index in [0.29, 0.717) is 26.2 Å². The molecule has 1 unspecified atom stereocenters. The third-order valence-electron chi connectivity index (χ3n) is 4.15. The quantitative estimate of drug-likeness (QED) is 0.856. The van der Waals surface area contributed by atoms with Crippen LogP contribution in [0.4, 0.5) is 0 Å². The number of rotatable bonds is 5. The normalized spacial score (nSPS) is 14.8. The van der Waals surface area contributed by atoms with Gasteiger partial charge in [-0.3, -0.25) is 4.79 Å². The predicted molar refractivity (Wildman–Crippen MR) is 99.4 cm³/mol. The van der Waals surface area contributed by atoms with Crippen molar-refractivity contribution in [1.82, 2.24) is 5.32 Å². The Kier molecular flexibility index (Phi) is 6.28. The lowest BCUT2D eigenvalue weighted by atomic mass is 9.92. The van der Waals surface area contributed by atoms with Gasteiger partial charge in [-0.2, -0.15) is 0 Å². The summed E-state index contributed by atoms with van der Waals surface area (Å²) in [5, 5.41) is 2.91. The second kappa shape index (κ2) is 8.23. The van der Waals surface area contributed by atoms with Crippen molar-refractivity contribution in [2.24, 2.45) is 5.73 Å². The molecule has 0 saturated heterocycles. The smallest absolute Gasteiger partial charge is 0.244 e. The fraction of sp³-hybridized carbons (Fsp3) is 0.316. The van der Waals surface area contributed by atoms with Gasteiger partial charge in [-0.15, -0.1) is 12.4 Å². The largest absolute Gasteiger partial charge is 0.486 e. The van der Waals surface area contributed by atoms with Crippen LogP contribution in [-0.2, 0) is 16.8 Å². The molecule has 5 nitrogen and oxygen atoms in total. The van der Waals surface area contributed by atoms with Gasteiger partial charge >= 0.3 is 0 Å². The fourth-order valence-corrected chi connectivity index (χ4v) is 2.66. The number of nitrogens with one attached hydrogen (secondary N) is 1. The second-order valence-electron chi connectivity index (χ2n) is 6.05. The highest BCUT2D eigenvalue weighted by Gasteiger charge is 2.29. The molecule has 0 saturated carbocycles. The van der Waals surface area contributed by atoms with Gasteiger partial charge in [0.05, 0.1) is 0 Å². The van der Waals surface area contributed by atoms with Gasteiger partial charge in [0, 0.05) is 6.54 Å². The van der Waals surface area contributed by atoms with Gasteiger partial charge in [0.15, 0.2) is 11.5 Å². The van der Waals surface area contributed by atoms with Crippen LogP contribution in [-0.4, -0.2) is 25.7 Å². The van der Waals surface area contributed by atoms with E-state index in [1.165, 1.54) is 0 Å². The van der Waals surface area contributed by atoms with Crippen LogP contribution in [0.2, 0.25) is 0 Å². The van der Waals surface area contributed by atoms with Gasteiger partial charge < -0.3 is 20.5 Å². The number of halogens is 1. The molecule has 0 bridgehead atoms. The first-order chi connectivity index (χ1) is 11.6. The highest BCUT2D eigenvalue weighted by Crippen LogP contribution is 2.30. The molecule has 2 aromatic rings. The summed E-state index contributed by atoms with van der Waals surface area (Å²) in [5.74, 6) is 1.34. The summed E-state index contributed by atoms with van der Waals surface area (Å²) in [7, 11) is 0. The standard InChI is InChI=1S/C19H22N2O3.ClH/c1-19(20,15-5-3-2-4-6-15)18(22)21-10-9-14-7-8-16-17(13-14)24-12-11-23-16;/h2-8,13H,9-12,20H2,1H3,(H,21,22);1H. The Labute approximate surface area is 153 Å². The third-order valence-corrected chi connectivity index (χ3v) is 4.15. The first kappa shape index (κ1) is 19.1. The first-order valence-electron chi connectivity index (χ1n) is 8.08. The summed E-state index contributed by atoms with van der Waals surface area (Å²) < 4.78 is 11.1. The molecule has 1 atom stereocenters. The van der Waals surface area contributed by atoms with E-state index in [9.17, 15) is 4.79 Å². The third kappa shape index (κ3) is 4.44. The molecule has 134 valence electrons. The number of fused-ring (bicyclic) bond motifs is 1. The van der Waals surface area contributed by atoms with Crippen LogP contribution >= 0.6 is 12.4 Å². The average molecular weight is 363 g/mol. The number of carbonyl (C=O) groups is 1. The zero-order valence-corrected chi connectivity index (χ0v) is 15.0. The number of benzene rings is 2. The number of hydrogen-bond donors (Lipinski definition) is 2. The van der Waals surface area contributed by atoms with E-state index in [1.54, 1.807) is 6.92 Å². The molecule has 0 radical (unpaired) electrons. The predicted octanol–water partition coefficient (Wildman–Crippen LogP) is 2.41. The van der Waals surface area contributed by atoms with E-state index in [0.717, 1.165) is 22.6 Å². The Morgan fingerprint density at radius 2 is 1.80 bits per heavy atom. The Morgan fingerprint density at radius 3 is 2.52 bits per heavy atom. The summed E-state index contributed by atoms with van der Waals surface area (Å²) in [5.41, 5.74) is 7.03. The maximum absolute atomic E-state index is 12.4. The lowest BCUT2D eigenvalue weighted by Gasteiger charge is -2.24. The molecule has 1 aliphatic heterocycles. The summed E-state index contributed by atoms with van der Waals surface area (Å²) in [6, 6.07) is 15.2. The van der Waals surface area contributed by atoms with Crippen molar-refractivity contribution < 1.29 is 14.3 Å². The van der Waals surface area contributed by atoms with Crippen LogP contribution in [0, 0.1) is 0 Å². The minimum absolute atomic E-state index is 0. The number of hydrogen-bond acceptors (Lipinski definition) is 4. The Morgan fingerprint density at radius 1 is 1.12 bits per heavy atom. The summed E-state index contributed by atoms with van der Waals surface area (Å²) >= 11 is 0. The Balaban J connectivity index is 0.00000225. The van der Waals surface area contributed by atoms with Crippen LogP contribution in [0.25, 0.3) is 0 Å². The highest BCUT2D eigenvalue weighted by molar-refractivity contribution is 5.87. The maximum Gasteiger partial charge on any atom is 0.244 e. The van der Waals surface area contributed by atoms with Gasteiger partial charge in [0.1, 0.15) is 18.8 Å². The molecule has 1 amide bonds. The zero-order valence-electron chi connectivity index (χ0n) is 14.2. The number of amides is 1. The minimum atomic E-state index is -1.05. The lowest BCUT2D eigenvalue weighted by Crippen LogP contribution is -2.49. The van der Waals surface area contributed by atoms with Gasteiger partial charge in [0.2, 0.25) is 5.91 Å². The summed E-state index contributed by atoms with van der Waals surface area (Å²) in [6.07, 6.45) is 0.702. The topological polar surface area (TPSA) is 73.6 Å². The second-order valence-corrected chi connectivity index (χ2v) is 6.05. The number of carbonyl (C=O) groups excluding carboxylic acids is 1. The van der Waals surface area contributed by atoms with Gasteiger partial charge in [0.25, 0.3) is 0 Å². The molecule has 0 fully saturated rings. The molecule has 25 heavy (non-hydrogen) atoms. The van der Waals surface area contributed by atoms with E-state index in [2.05, 4.69) is 5.32 Å². The van der Waals surface area contributed by atoms with E-state index < -0.39 is 5.54 Å². The Bertz CT molecular complexity index is 720. The van der Waals surface area contributed by atoms with Crippen LogP contribution in [0.5, 0.6) is 11.5 Å². The van der Waals surface area contributed by atoms with Crippen molar-refractivity contribution >= 4 is 18.3 Å². The maximum atomic E-state index is 12.4. The Hall–Kier alpha value is -2.24. The van der Waals surface area contributed by atoms with Gasteiger partial charge in [-0.25, -0.2) is 0 Å². The number of nitrogens with two attached hydrogens (primary N) is 1. The SMILES string of the molecule is CC(N)(C(=O)NCCc1ccc2c(c1)OCCO2)c1ccccc1.Cl. The molecular formula is C19H23ClN2O3. The average Bonchev–Trinajstić information content (AvgIpc) is 2.62. The molecule has 3 rings (SSSR count). The van der Waals surface area contributed by atoms with Crippen molar-refractivity contribution in [2.45, 2.75) is 18.9 Å². The number of ether oxygens (including phenoxy) is 2. The van der Waals surface area contributed by atoms with Crippen molar-refractivity contribution in [1.29, 1.82) is 0 Å². The van der Waals surface area contributed by atoms with E-state index in [4.69, 9.17) is 15.2 Å². The lowest BCUT2D eigenvalue weighted by molar-refractivity contribution is -0.126. The molecular weight excluding hydrogens is 340 g/mol. The van der Waals surface area contributed by atoms with Crippen molar-refractivity contribution in [3.8, 4) is 11.5 Å². The first-order valence-corrected chi connectivity index (χ1v) is 8.08. The molecule has 0 aliphatic carbocycles. The van der Waals surface area contributed by atoms with Crippen LogP contribution in [0.3, 0.4) is 0 Å². The van der Waals surface area contributed by atoms with Crippen molar-refractivity contribution in [2.75, 3.05) is 19.8 Å². The van der Waals surface area contributed by atoms with Gasteiger partial charge in [-0.1, -0.05) is 36.4 Å². The summed E-state index contributed by atoms with van der Waals surface area (Å²) in [6.45, 7) is 3.38. The molecule has 1 heterocycles. The molecule has 2 aromatic carbocycles. The van der Waals surface area contributed by atoms with Crippen LogP contribution in [0.1, 0.15) is 18.1 Å². The fourth-order valence-electron chi connectivity index (χ4n) is 2.66. The minimum Gasteiger partial charge on any atom is -0.486 e. The highest BCUT2D eigenvalue weighted by atomic mass is 35.5. The monoisotopic (exact) mass is 362 g/mol. The molecule has 1 aliphatic rings. The van der Waals surface area contributed by atoms with Gasteiger partial charge in [-0.05, 0) is 36.6 Å². The van der Waals surface area contributed by atoms with Crippen molar-refractivity contribution in [3.63, 3.8) is 0 Å². The molecule has 0 spiro atoms. The van der Waals surface area contributed by atoms with Crippen molar-refractivity contribution in [3.05, 3.63) is 59.7 Å². The van der Waals surface area contributed by atoms with E-state index in [1.807, 2.05) is 48.5 Å². The molecule has 3 N–H and O–H groups in total. The van der Waals surface area contributed by atoms with Crippen LogP contribution in [0.15, 0.2) is 48.5 Å². The van der Waals surface area contributed by atoms with E-state index >= 15 is 0 Å². The molecule has 6 heteroatoms. The zero-order chi connectivity index (χ0) is 17.0. The van der Waals surface area contributed by atoms with E-state index in [-0.39, 0.29) is 18.3 Å². The molecule has 0 aromatic heterocycles. The van der Waals surface area contributed by atoms with Crippen LogP contribution < -0.4 is 20.5 Å².